The van der Waals surface area contributed by atoms with Crippen molar-refractivity contribution in [1.29, 1.82) is 0 Å². The van der Waals surface area contributed by atoms with E-state index in [1.165, 1.54) is 13.2 Å². The lowest BCUT2D eigenvalue weighted by molar-refractivity contribution is -0.129. The normalized spacial score (nSPS) is 12.9. The molecule has 1 aliphatic rings. The fourth-order valence-electron chi connectivity index (χ4n) is 3.46. The largest absolute Gasteiger partial charge is 0.497 e. The molecule has 2 amide bonds. The number of carbonyl (C=O) groups excluding carboxylic acids is 2. The van der Waals surface area contributed by atoms with E-state index in [2.05, 4.69) is 10.6 Å². The highest BCUT2D eigenvalue weighted by molar-refractivity contribution is 5.91. The number of carbonyl (C=O) groups is 2. The summed E-state index contributed by atoms with van der Waals surface area (Å²) >= 11 is 0. The lowest BCUT2D eigenvalue weighted by atomic mass is 10.1. The Morgan fingerprint density at radius 3 is 2.73 bits per heavy atom. The maximum atomic E-state index is 12.6. The number of hydrogen-bond donors (Lipinski definition) is 3. The minimum atomic E-state index is -1.15. The Morgan fingerprint density at radius 1 is 1.12 bits per heavy atom. The zero-order valence-corrected chi connectivity index (χ0v) is 17.8. The van der Waals surface area contributed by atoms with Crippen LogP contribution >= 0.6 is 0 Å². The molecule has 1 atom stereocenters. The fourth-order valence-corrected chi connectivity index (χ4v) is 3.46. The number of fused-ring (bicyclic) bond motifs is 2. The van der Waals surface area contributed by atoms with Gasteiger partial charge in [-0.05, 0) is 35.4 Å². The number of benzene rings is 2. The molecule has 3 N–H and O–H groups in total. The third-order valence-electron chi connectivity index (χ3n) is 5.13. The molecule has 3 aromatic rings. The van der Waals surface area contributed by atoms with Crippen molar-refractivity contribution >= 4 is 22.8 Å². The van der Waals surface area contributed by atoms with Crippen molar-refractivity contribution in [2.24, 2.45) is 0 Å². The molecule has 1 aromatic heterocycles. The number of aliphatic hydroxyl groups is 1. The molecule has 172 valence electrons. The van der Waals surface area contributed by atoms with E-state index < -0.39 is 30.1 Å². The number of ether oxygens (including phenoxy) is 3. The summed E-state index contributed by atoms with van der Waals surface area (Å²) in [5.74, 6) is 0.643. The van der Waals surface area contributed by atoms with Gasteiger partial charge in [0.05, 0.1) is 20.1 Å². The quantitative estimate of drug-likeness (QED) is 0.427. The molecule has 1 aliphatic heterocycles. The first kappa shape index (κ1) is 22.2. The van der Waals surface area contributed by atoms with Gasteiger partial charge in [-0.25, -0.2) is 4.79 Å². The summed E-state index contributed by atoms with van der Waals surface area (Å²) in [6.07, 6.45) is -0.180. The van der Waals surface area contributed by atoms with Crippen LogP contribution in [0.5, 0.6) is 17.2 Å². The number of methoxy groups -OCH3 is 1. The summed E-state index contributed by atoms with van der Waals surface area (Å²) in [7, 11) is 1.49. The third kappa shape index (κ3) is 5.07. The van der Waals surface area contributed by atoms with Crippen LogP contribution in [0.15, 0.2) is 51.7 Å². The number of rotatable bonds is 8. The van der Waals surface area contributed by atoms with E-state index in [-0.39, 0.29) is 25.3 Å². The molecule has 10 nitrogen and oxygen atoms in total. The van der Waals surface area contributed by atoms with Crippen LogP contribution in [0.25, 0.3) is 11.0 Å². The highest BCUT2D eigenvalue weighted by Crippen LogP contribution is 2.32. The molecular formula is C23H22N2O8. The van der Waals surface area contributed by atoms with Crippen molar-refractivity contribution in [2.75, 3.05) is 20.5 Å². The molecule has 0 spiro atoms. The summed E-state index contributed by atoms with van der Waals surface area (Å²) in [4.78, 5) is 37.0. The number of hydrogen-bond acceptors (Lipinski definition) is 8. The molecule has 0 aliphatic carbocycles. The van der Waals surface area contributed by atoms with Gasteiger partial charge in [-0.15, -0.1) is 0 Å². The summed E-state index contributed by atoms with van der Waals surface area (Å²) in [5, 5.41) is 15.4. The van der Waals surface area contributed by atoms with Gasteiger partial charge < -0.3 is 34.4 Å². The minimum Gasteiger partial charge on any atom is -0.497 e. The molecule has 0 bridgehead atoms. The van der Waals surface area contributed by atoms with Gasteiger partial charge in [-0.2, -0.15) is 0 Å². The summed E-state index contributed by atoms with van der Waals surface area (Å²) < 4.78 is 20.9. The second-order valence-corrected chi connectivity index (χ2v) is 7.34. The van der Waals surface area contributed by atoms with Crippen LogP contribution in [0.2, 0.25) is 0 Å². The number of nitrogens with one attached hydrogen (secondary N) is 2. The van der Waals surface area contributed by atoms with Gasteiger partial charge in [0.1, 0.15) is 17.4 Å². The van der Waals surface area contributed by atoms with Crippen LogP contribution in [-0.4, -0.2) is 43.5 Å². The van der Waals surface area contributed by atoms with E-state index in [9.17, 15) is 19.5 Å². The number of aliphatic hydroxyl groups excluding tert-OH is 1. The average molecular weight is 454 g/mol. The Morgan fingerprint density at radius 2 is 1.94 bits per heavy atom. The van der Waals surface area contributed by atoms with Gasteiger partial charge in [-0.3, -0.25) is 9.59 Å². The zero-order valence-electron chi connectivity index (χ0n) is 17.8. The van der Waals surface area contributed by atoms with E-state index in [4.69, 9.17) is 18.6 Å². The molecule has 10 heteroatoms. The number of amides is 2. The van der Waals surface area contributed by atoms with Crippen LogP contribution in [0.3, 0.4) is 0 Å². The molecule has 2 aromatic carbocycles. The first-order chi connectivity index (χ1) is 16.0. The molecule has 0 fully saturated rings. The summed E-state index contributed by atoms with van der Waals surface area (Å²) in [6.45, 7) is -0.266. The van der Waals surface area contributed by atoms with Gasteiger partial charge in [0.15, 0.2) is 11.5 Å². The van der Waals surface area contributed by atoms with Crippen LogP contribution in [0.1, 0.15) is 11.1 Å². The monoisotopic (exact) mass is 454 g/mol. The maximum Gasteiger partial charge on any atom is 0.336 e. The van der Waals surface area contributed by atoms with Gasteiger partial charge in [0.25, 0.3) is 0 Å². The highest BCUT2D eigenvalue weighted by Gasteiger charge is 2.21. The lowest BCUT2D eigenvalue weighted by Gasteiger charge is -2.16. The fraction of sp³-hybridized carbons (Fsp3) is 0.261. The van der Waals surface area contributed by atoms with Crippen molar-refractivity contribution in [3.8, 4) is 17.2 Å². The molecular weight excluding hydrogens is 432 g/mol. The van der Waals surface area contributed by atoms with E-state index in [0.717, 1.165) is 5.56 Å². The van der Waals surface area contributed by atoms with E-state index in [0.29, 0.717) is 28.2 Å². The second-order valence-electron chi connectivity index (χ2n) is 7.34. The van der Waals surface area contributed by atoms with Gasteiger partial charge >= 0.3 is 5.63 Å². The molecule has 0 radical (unpaired) electrons. The standard InChI is InChI=1S/C23H22N2O8/c1-30-15-3-4-16-14(8-22(28)33-19(16)9-15)7-21(27)25-17(11-26)23(29)24-10-13-2-5-18-20(6-13)32-12-31-18/h2-6,8-9,17,26H,7,10-12H2,1H3,(H,24,29)(H,25,27). The van der Waals surface area contributed by atoms with Crippen LogP contribution < -0.4 is 30.5 Å². The van der Waals surface area contributed by atoms with Crippen LogP contribution in [0.4, 0.5) is 0 Å². The molecule has 33 heavy (non-hydrogen) atoms. The molecule has 0 saturated heterocycles. The summed E-state index contributed by atoms with van der Waals surface area (Å²) in [5.41, 5.74) is 0.871. The van der Waals surface area contributed by atoms with Crippen molar-refractivity contribution in [1.82, 2.24) is 10.6 Å². The van der Waals surface area contributed by atoms with Crippen molar-refractivity contribution in [3.05, 3.63) is 64.0 Å². The third-order valence-corrected chi connectivity index (χ3v) is 5.13. The lowest BCUT2D eigenvalue weighted by Crippen LogP contribution is -2.49. The van der Waals surface area contributed by atoms with Crippen molar-refractivity contribution < 1.29 is 33.3 Å². The Bertz CT molecular complexity index is 1250. The topological polar surface area (TPSA) is 136 Å². The van der Waals surface area contributed by atoms with E-state index in [1.54, 1.807) is 36.4 Å². The first-order valence-electron chi connectivity index (χ1n) is 10.1. The summed E-state index contributed by atoms with van der Waals surface area (Å²) in [6, 6.07) is 10.3. The SMILES string of the molecule is COc1ccc2c(CC(=O)NC(CO)C(=O)NCc3ccc4c(c3)OCO4)cc(=O)oc2c1. The molecule has 0 saturated carbocycles. The van der Waals surface area contributed by atoms with Crippen LogP contribution in [-0.2, 0) is 22.6 Å². The predicted octanol–water partition coefficient (Wildman–Crippen LogP) is 0.866. The van der Waals surface area contributed by atoms with Crippen molar-refractivity contribution in [2.45, 2.75) is 19.0 Å². The predicted molar refractivity (Wildman–Crippen MR) is 116 cm³/mol. The van der Waals surface area contributed by atoms with Crippen molar-refractivity contribution in [3.63, 3.8) is 0 Å². The smallest absolute Gasteiger partial charge is 0.336 e. The second kappa shape index (κ2) is 9.61. The van der Waals surface area contributed by atoms with E-state index in [1.807, 2.05) is 0 Å². The Labute approximate surface area is 188 Å². The average Bonchev–Trinajstić information content (AvgIpc) is 3.28. The molecule has 1 unspecified atom stereocenters. The van der Waals surface area contributed by atoms with Gasteiger partial charge in [0, 0.05) is 24.1 Å². The van der Waals surface area contributed by atoms with Gasteiger partial charge in [-0.1, -0.05) is 6.07 Å². The molecule has 4 rings (SSSR count). The minimum absolute atomic E-state index is 0.149. The van der Waals surface area contributed by atoms with Gasteiger partial charge in [0.2, 0.25) is 18.6 Å². The zero-order chi connectivity index (χ0) is 23.4. The Balaban J connectivity index is 1.39. The highest BCUT2D eigenvalue weighted by atomic mass is 16.7. The Kier molecular flexibility index (Phi) is 6.45. The van der Waals surface area contributed by atoms with E-state index >= 15 is 0 Å². The Hall–Kier alpha value is -4.05. The molecule has 2 heterocycles. The maximum absolute atomic E-state index is 12.6. The first-order valence-corrected chi connectivity index (χ1v) is 10.1. The van der Waals surface area contributed by atoms with Crippen LogP contribution in [0, 0.1) is 0 Å².